The fourth-order valence-corrected chi connectivity index (χ4v) is 5.09. The van der Waals surface area contributed by atoms with E-state index in [0.717, 1.165) is 0 Å². The quantitative estimate of drug-likeness (QED) is 0.886. The number of benzene rings is 1. The molecule has 2 heterocycles. The second kappa shape index (κ2) is 4.57. The van der Waals surface area contributed by atoms with Gasteiger partial charge < -0.3 is 15.2 Å². The summed E-state index contributed by atoms with van der Waals surface area (Å²) < 4.78 is 25.2. The normalized spacial score (nSPS) is 44.0. The number of ether oxygens (including phenoxy) is 2. The Morgan fingerprint density at radius 2 is 2.00 bits per heavy atom. The fourth-order valence-electron chi connectivity index (χ4n) is 5.09. The molecule has 1 aliphatic carbocycles. The van der Waals surface area contributed by atoms with E-state index in [0.29, 0.717) is 12.0 Å². The van der Waals surface area contributed by atoms with Gasteiger partial charge in [0.05, 0.1) is 30.3 Å². The largest absolute Gasteiger partial charge is 0.386 e. The minimum atomic E-state index is -1.61. The third kappa shape index (κ3) is 1.33. The molecule has 0 unspecified atom stereocenters. The molecular formula is C18H17FN4O2. The number of halogens is 1. The second-order valence-electron chi connectivity index (χ2n) is 6.81. The van der Waals surface area contributed by atoms with Gasteiger partial charge in [0.25, 0.3) is 5.91 Å². The number of hydrogen-bond donors (Lipinski definition) is 1. The van der Waals surface area contributed by atoms with Crippen LogP contribution in [0.5, 0.6) is 0 Å². The van der Waals surface area contributed by atoms with E-state index < -0.39 is 28.0 Å². The summed E-state index contributed by atoms with van der Waals surface area (Å²) in [6.45, 7) is 3.94. The predicted octanol–water partition coefficient (Wildman–Crippen LogP) is 1.97. The molecule has 2 fully saturated rings. The highest BCUT2D eigenvalue weighted by Crippen LogP contribution is 2.86. The maximum absolute atomic E-state index is 13.4. The van der Waals surface area contributed by atoms with E-state index in [1.807, 2.05) is 13.8 Å². The molecule has 5 atom stereocenters. The standard InChI is InChI=1S/C18H17FN4O2/c1-3-15(12-4-6-13(19)7-5-12)16(9-20)14(22)23-18(17(15,16)10-21)24-8-11(2)25-18/h4-7,11H,3,8H2,1-2H3,(H2,22,23)/t11-,15+,16-,17+,18+/m0/s1. The minimum Gasteiger partial charge on any atom is -0.386 e. The molecule has 128 valence electrons. The number of nitrogens with two attached hydrogens (primary N) is 1. The highest BCUT2D eigenvalue weighted by atomic mass is 19.1. The van der Waals surface area contributed by atoms with E-state index in [-0.39, 0.29) is 18.5 Å². The number of rotatable bonds is 2. The first kappa shape index (κ1) is 16.0. The van der Waals surface area contributed by atoms with Gasteiger partial charge >= 0.3 is 0 Å². The van der Waals surface area contributed by atoms with Crippen LogP contribution in [0.4, 0.5) is 4.39 Å². The van der Waals surface area contributed by atoms with E-state index in [1.165, 1.54) is 12.1 Å². The van der Waals surface area contributed by atoms with Gasteiger partial charge in [-0.2, -0.15) is 10.5 Å². The zero-order valence-corrected chi connectivity index (χ0v) is 13.9. The summed E-state index contributed by atoms with van der Waals surface area (Å²) in [6.07, 6.45) is 0.151. The van der Waals surface area contributed by atoms with Crippen LogP contribution in [0.1, 0.15) is 25.8 Å². The summed E-state index contributed by atoms with van der Waals surface area (Å²) in [7, 11) is 0. The molecule has 6 nitrogen and oxygen atoms in total. The Morgan fingerprint density at radius 3 is 2.48 bits per heavy atom. The topological polar surface area (TPSA) is 104 Å². The maximum atomic E-state index is 13.4. The van der Waals surface area contributed by atoms with Crippen LogP contribution >= 0.6 is 0 Å². The van der Waals surface area contributed by atoms with Gasteiger partial charge in [-0.3, -0.25) is 0 Å². The highest BCUT2D eigenvalue weighted by Gasteiger charge is 3.01. The molecule has 2 aliphatic heterocycles. The Bertz CT molecular complexity index is 873. The van der Waals surface area contributed by atoms with Crippen molar-refractivity contribution in [2.24, 2.45) is 21.6 Å². The molecular weight excluding hydrogens is 323 g/mol. The number of fused-ring (bicyclic) bond motifs is 2. The lowest BCUT2D eigenvalue weighted by atomic mass is 9.80. The second-order valence-corrected chi connectivity index (χ2v) is 6.81. The van der Waals surface area contributed by atoms with Gasteiger partial charge in [-0.25, -0.2) is 9.38 Å². The third-order valence-electron chi connectivity index (χ3n) is 5.98. The van der Waals surface area contributed by atoms with E-state index in [4.69, 9.17) is 15.2 Å². The molecule has 1 saturated heterocycles. The molecule has 1 saturated carbocycles. The van der Waals surface area contributed by atoms with Gasteiger partial charge in [0.1, 0.15) is 11.7 Å². The first-order valence-electron chi connectivity index (χ1n) is 8.17. The Balaban J connectivity index is 2.02. The van der Waals surface area contributed by atoms with Crippen LogP contribution in [-0.4, -0.2) is 24.5 Å². The van der Waals surface area contributed by atoms with Crippen LogP contribution in [0.25, 0.3) is 0 Å². The van der Waals surface area contributed by atoms with Gasteiger partial charge in [0, 0.05) is 0 Å². The third-order valence-corrected chi connectivity index (χ3v) is 5.98. The average molecular weight is 340 g/mol. The minimum absolute atomic E-state index is 0.0387. The van der Waals surface area contributed by atoms with Crippen molar-refractivity contribution in [3.8, 4) is 12.1 Å². The fraction of sp³-hybridized carbons (Fsp3) is 0.500. The molecule has 7 heteroatoms. The Morgan fingerprint density at radius 1 is 1.32 bits per heavy atom. The van der Waals surface area contributed by atoms with Crippen molar-refractivity contribution in [3.63, 3.8) is 0 Å². The average Bonchev–Trinajstić information content (AvgIpc) is 2.86. The lowest BCUT2D eigenvalue weighted by Crippen LogP contribution is -2.43. The molecule has 1 spiro atoms. The molecule has 4 rings (SSSR count). The van der Waals surface area contributed by atoms with Gasteiger partial charge in [0.15, 0.2) is 10.8 Å². The lowest BCUT2D eigenvalue weighted by molar-refractivity contribution is -0.197. The highest BCUT2D eigenvalue weighted by molar-refractivity contribution is 6.02. The maximum Gasteiger partial charge on any atom is 0.294 e. The van der Waals surface area contributed by atoms with Gasteiger partial charge in [0.2, 0.25) is 0 Å². The van der Waals surface area contributed by atoms with Gasteiger partial charge in [-0.15, -0.1) is 0 Å². The summed E-state index contributed by atoms with van der Waals surface area (Å²) in [5.74, 6) is -1.96. The van der Waals surface area contributed by atoms with Crippen LogP contribution in [0.15, 0.2) is 29.3 Å². The number of aliphatic imine (C=N–C) groups is 1. The van der Waals surface area contributed by atoms with Crippen molar-refractivity contribution in [1.82, 2.24) is 0 Å². The lowest BCUT2D eigenvalue weighted by Gasteiger charge is -2.31. The number of nitriles is 2. The van der Waals surface area contributed by atoms with Crippen LogP contribution in [-0.2, 0) is 14.9 Å². The zero-order chi connectivity index (χ0) is 18.1. The molecule has 1 aromatic rings. The van der Waals surface area contributed by atoms with Crippen molar-refractivity contribution in [3.05, 3.63) is 35.6 Å². The van der Waals surface area contributed by atoms with Gasteiger partial charge in [-0.1, -0.05) is 19.1 Å². The van der Waals surface area contributed by atoms with Crippen molar-refractivity contribution >= 4 is 5.84 Å². The molecule has 2 N–H and O–H groups in total. The van der Waals surface area contributed by atoms with Crippen LogP contribution < -0.4 is 5.73 Å². The monoisotopic (exact) mass is 340 g/mol. The molecule has 0 aromatic heterocycles. The van der Waals surface area contributed by atoms with Gasteiger partial charge in [-0.05, 0) is 31.0 Å². The summed E-state index contributed by atoms with van der Waals surface area (Å²) in [5.41, 5.74) is 3.08. The molecule has 25 heavy (non-hydrogen) atoms. The van der Waals surface area contributed by atoms with Crippen molar-refractivity contribution in [1.29, 1.82) is 10.5 Å². The Labute approximate surface area is 144 Å². The molecule has 0 radical (unpaired) electrons. The summed E-state index contributed by atoms with van der Waals surface area (Å²) in [6, 6.07) is 10.3. The number of nitrogens with zero attached hydrogens (tertiary/aromatic N) is 3. The smallest absolute Gasteiger partial charge is 0.294 e. The van der Waals surface area contributed by atoms with Crippen molar-refractivity contribution in [2.75, 3.05) is 6.61 Å². The van der Waals surface area contributed by atoms with Crippen molar-refractivity contribution < 1.29 is 13.9 Å². The molecule has 1 aromatic carbocycles. The Hall–Kier alpha value is -2.48. The van der Waals surface area contributed by atoms with E-state index in [1.54, 1.807) is 12.1 Å². The van der Waals surface area contributed by atoms with E-state index >= 15 is 0 Å². The zero-order valence-electron chi connectivity index (χ0n) is 13.9. The van der Waals surface area contributed by atoms with E-state index in [2.05, 4.69) is 17.1 Å². The number of hydrogen-bond acceptors (Lipinski definition) is 6. The molecule has 0 bridgehead atoms. The summed E-state index contributed by atoms with van der Waals surface area (Å²) in [5, 5.41) is 20.3. The van der Waals surface area contributed by atoms with Crippen LogP contribution in [0.3, 0.4) is 0 Å². The van der Waals surface area contributed by atoms with Crippen LogP contribution in [0, 0.1) is 39.3 Å². The predicted molar refractivity (Wildman–Crippen MR) is 85.3 cm³/mol. The Kier molecular flexibility index (Phi) is 2.93. The van der Waals surface area contributed by atoms with Crippen molar-refractivity contribution in [2.45, 2.75) is 37.7 Å². The molecule has 0 amide bonds. The first-order chi connectivity index (χ1) is 11.9. The summed E-state index contributed by atoms with van der Waals surface area (Å²) in [4.78, 5) is 4.30. The summed E-state index contributed by atoms with van der Waals surface area (Å²) >= 11 is 0. The SMILES string of the molecule is CC[C@@]1(c2ccc(F)cc2)[C@]2(C#N)C(N)=N[C@@]3(OC[C@H](C)O3)[C@@]21C#N. The number of amidine groups is 1. The van der Waals surface area contributed by atoms with Crippen LogP contribution in [0.2, 0.25) is 0 Å². The molecule has 3 aliphatic rings. The first-order valence-corrected chi connectivity index (χ1v) is 8.17. The van der Waals surface area contributed by atoms with E-state index in [9.17, 15) is 14.9 Å².